The molecule has 0 rings (SSSR count). The fourth-order valence-corrected chi connectivity index (χ4v) is 0.936. The van der Waals surface area contributed by atoms with Gasteiger partial charge in [0.25, 0.3) is 0 Å². The van der Waals surface area contributed by atoms with E-state index in [0.717, 1.165) is 6.92 Å². The maximum absolute atomic E-state index is 10.4. The standard InChI is InChI=1S/C4H8O5S.Mg.2H/c1-3-8-10(6,7)9-4(2)5;;;/h3H2,1-2H3;;;/q;+2;2*-1. The van der Waals surface area contributed by atoms with Gasteiger partial charge >= 0.3 is 39.4 Å². The number of hydrogen-bond acceptors (Lipinski definition) is 5. The van der Waals surface area contributed by atoms with Gasteiger partial charge in [-0.05, 0) is 6.92 Å². The summed E-state index contributed by atoms with van der Waals surface area (Å²) >= 11 is 0. The molecule has 0 saturated carbocycles. The van der Waals surface area contributed by atoms with Gasteiger partial charge in [0.05, 0.1) is 6.61 Å². The molecule has 0 spiro atoms. The van der Waals surface area contributed by atoms with Crippen molar-refractivity contribution in [2.75, 3.05) is 6.61 Å². The van der Waals surface area contributed by atoms with E-state index in [-0.39, 0.29) is 32.5 Å². The van der Waals surface area contributed by atoms with E-state index in [9.17, 15) is 13.2 Å². The van der Waals surface area contributed by atoms with E-state index >= 15 is 0 Å². The third-order valence-corrected chi connectivity index (χ3v) is 1.44. The van der Waals surface area contributed by atoms with Crippen LogP contribution in [0.5, 0.6) is 0 Å². The summed E-state index contributed by atoms with van der Waals surface area (Å²) in [5.41, 5.74) is 0. The van der Waals surface area contributed by atoms with Gasteiger partial charge in [0, 0.05) is 6.92 Å². The van der Waals surface area contributed by atoms with Crippen LogP contribution in [0.25, 0.3) is 0 Å². The Labute approximate surface area is 84.5 Å². The minimum atomic E-state index is -4.08. The van der Waals surface area contributed by atoms with Crippen molar-refractivity contribution in [1.29, 1.82) is 0 Å². The minimum absolute atomic E-state index is 0. The van der Waals surface area contributed by atoms with Gasteiger partial charge < -0.3 is 7.04 Å². The fraction of sp³-hybridized carbons (Fsp3) is 0.750. The molecule has 0 aromatic carbocycles. The summed E-state index contributed by atoms with van der Waals surface area (Å²) in [6.07, 6.45) is 0. The van der Waals surface area contributed by atoms with E-state index in [0.29, 0.717) is 0 Å². The molecule has 11 heavy (non-hydrogen) atoms. The van der Waals surface area contributed by atoms with Crippen molar-refractivity contribution < 1.29 is 24.4 Å². The first-order chi connectivity index (χ1) is 4.48. The van der Waals surface area contributed by atoms with Gasteiger partial charge in [0.1, 0.15) is 0 Å². The second-order valence-electron chi connectivity index (χ2n) is 1.39. The van der Waals surface area contributed by atoms with Crippen LogP contribution in [-0.2, 0) is 23.6 Å². The molecule has 0 aliphatic carbocycles. The number of hydrogen-bond donors (Lipinski definition) is 0. The molecule has 0 bridgehead atoms. The van der Waals surface area contributed by atoms with Crippen molar-refractivity contribution in [3.8, 4) is 0 Å². The van der Waals surface area contributed by atoms with Crippen LogP contribution in [0, 0.1) is 0 Å². The summed E-state index contributed by atoms with van der Waals surface area (Å²) in [5, 5.41) is 0. The smallest absolute Gasteiger partial charge is 1.00 e. The van der Waals surface area contributed by atoms with Gasteiger partial charge in [-0.1, -0.05) is 0 Å². The molecule has 0 saturated heterocycles. The van der Waals surface area contributed by atoms with E-state index in [1.54, 1.807) is 0 Å². The summed E-state index contributed by atoms with van der Waals surface area (Å²) < 4.78 is 28.6. The summed E-state index contributed by atoms with van der Waals surface area (Å²) in [7, 11) is -4.08. The second kappa shape index (κ2) is 5.75. The second-order valence-corrected chi connectivity index (χ2v) is 2.61. The predicted molar refractivity (Wildman–Crippen MR) is 40.3 cm³/mol. The van der Waals surface area contributed by atoms with Crippen LogP contribution in [0.1, 0.15) is 16.7 Å². The Morgan fingerprint density at radius 2 is 2.00 bits per heavy atom. The quantitative estimate of drug-likeness (QED) is 0.576. The predicted octanol–water partition coefficient (Wildman–Crippen LogP) is -0.325. The van der Waals surface area contributed by atoms with Crippen LogP contribution >= 0.6 is 0 Å². The molecule has 0 aromatic rings. The van der Waals surface area contributed by atoms with Gasteiger partial charge in [0.2, 0.25) is 0 Å². The summed E-state index contributed by atoms with van der Waals surface area (Å²) in [5.74, 6) is -0.909. The van der Waals surface area contributed by atoms with E-state index < -0.39 is 16.4 Å². The molecule has 0 aromatic heterocycles. The Hall–Kier alpha value is 0.146. The van der Waals surface area contributed by atoms with Gasteiger partial charge in [-0.25, -0.2) is 4.18 Å². The van der Waals surface area contributed by atoms with Gasteiger partial charge in [0.15, 0.2) is 0 Å². The van der Waals surface area contributed by atoms with E-state index in [2.05, 4.69) is 8.37 Å². The molecule has 0 atom stereocenters. The Balaban J connectivity index is -0.000000135. The molecule has 0 N–H and O–H groups in total. The average Bonchev–Trinajstić information content (AvgIpc) is 1.59. The van der Waals surface area contributed by atoms with E-state index in [4.69, 9.17) is 0 Å². The van der Waals surface area contributed by atoms with Crippen LogP contribution in [0.2, 0.25) is 0 Å². The van der Waals surface area contributed by atoms with Gasteiger partial charge in [-0.15, -0.1) is 0 Å². The molecule has 0 amide bonds. The average molecular weight is 194 g/mol. The van der Waals surface area contributed by atoms with Crippen molar-refractivity contribution in [2.45, 2.75) is 13.8 Å². The Morgan fingerprint density at radius 3 is 2.27 bits per heavy atom. The number of carbonyl (C=O) groups excluding carboxylic acids is 1. The van der Waals surface area contributed by atoms with E-state index in [1.807, 2.05) is 0 Å². The zero-order valence-corrected chi connectivity index (χ0v) is 8.59. The first kappa shape index (κ1) is 13.7. The van der Waals surface area contributed by atoms with Gasteiger partial charge in [-0.2, -0.15) is 8.42 Å². The van der Waals surface area contributed by atoms with Crippen molar-refractivity contribution in [1.82, 2.24) is 0 Å². The van der Waals surface area contributed by atoms with Crippen molar-refractivity contribution in [3.05, 3.63) is 0 Å². The SMILES string of the molecule is CCOS(=O)(=O)OC(C)=O.[H-].[H-].[Mg+2]. The maximum atomic E-state index is 10.4. The largest absolute Gasteiger partial charge is 2.00 e. The molecule has 0 fully saturated rings. The zero-order valence-electron chi connectivity index (χ0n) is 8.36. The van der Waals surface area contributed by atoms with Crippen molar-refractivity contribution in [2.24, 2.45) is 0 Å². The molecule has 0 radical (unpaired) electrons. The summed E-state index contributed by atoms with van der Waals surface area (Å²) in [4.78, 5) is 10.1. The van der Waals surface area contributed by atoms with Crippen LogP contribution in [0.3, 0.4) is 0 Å². The topological polar surface area (TPSA) is 69.7 Å². The molecule has 0 aliphatic heterocycles. The molecule has 0 aliphatic rings. The minimum Gasteiger partial charge on any atom is -1.00 e. The molecule has 64 valence electrons. The van der Waals surface area contributed by atoms with Gasteiger partial charge in [-0.3, -0.25) is 4.79 Å². The van der Waals surface area contributed by atoms with Crippen LogP contribution < -0.4 is 0 Å². The maximum Gasteiger partial charge on any atom is 2.00 e. The molecule has 0 heterocycles. The number of rotatable bonds is 3. The molecule has 7 heteroatoms. The zero-order chi connectivity index (χ0) is 8.20. The van der Waals surface area contributed by atoms with Crippen LogP contribution in [0.15, 0.2) is 0 Å². The first-order valence-electron chi connectivity index (χ1n) is 2.57. The van der Waals surface area contributed by atoms with Crippen LogP contribution in [-0.4, -0.2) is 44.0 Å². The Kier molecular flexibility index (Phi) is 7.17. The van der Waals surface area contributed by atoms with Crippen LogP contribution in [0.4, 0.5) is 0 Å². The normalized spacial score (nSPS) is 10.0. The summed E-state index contributed by atoms with van der Waals surface area (Å²) in [6.45, 7) is 2.41. The third kappa shape index (κ3) is 8.05. The fourth-order valence-electron chi connectivity index (χ4n) is 0.312. The summed E-state index contributed by atoms with van der Waals surface area (Å²) in [6, 6.07) is 0. The Morgan fingerprint density at radius 1 is 1.55 bits per heavy atom. The molecule has 5 nitrogen and oxygen atoms in total. The number of carbonyl (C=O) groups is 1. The van der Waals surface area contributed by atoms with Crippen molar-refractivity contribution in [3.63, 3.8) is 0 Å². The first-order valence-corrected chi connectivity index (χ1v) is 3.90. The molecular weight excluding hydrogens is 184 g/mol. The van der Waals surface area contributed by atoms with E-state index in [1.165, 1.54) is 6.92 Å². The molecular formula is C4H10MgO5S. The monoisotopic (exact) mass is 194 g/mol. The molecule has 0 unspecified atom stereocenters. The third-order valence-electron chi connectivity index (χ3n) is 0.482. The Bertz CT molecular complexity index is 217. The van der Waals surface area contributed by atoms with Crippen molar-refractivity contribution >= 4 is 39.4 Å².